The molecule has 5 aromatic rings. The first-order chi connectivity index (χ1) is 18.8. The Kier molecular flexibility index (Phi) is 5.55. The summed E-state index contributed by atoms with van der Waals surface area (Å²) < 4.78 is 50.0. The number of rotatable bonds is 7. The molecule has 5 heterocycles. The summed E-state index contributed by atoms with van der Waals surface area (Å²) in [6, 6.07) is 9.54. The number of H-pyrrole nitrogens is 1. The average molecular weight is 568 g/mol. The average Bonchev–Trinajstić information content (AvgIpc) is 3.32. The third-order valence-electron chi connectivity index (χ3n) is 7.47. The van der Waals surface area contributed by atoms with Gasteiger partial charge in [-0.2, -0.15) is 5.10 Å². The van der Waals surface area contributed by atoms with Crippen LogP contribution in [0.15, 0.2) is 59.9 Å². The summed E-state index contributed by atoms with van der Waals surface area (Å²) >= 11 is 5.98. The van der Waals surface area contributed by atoms with Crippen LogP contribution in [0.4, 0.5) is 10.2 Å². The molecule has 2 fully saturated rings. The van der Waals surface area contributed by atoms with Crippen LogP contribution in [0.2, 0.25) is 5.02 Å². The lowest BCUT2D eigenvalue weighted by Gasteiger charge is -2.21. The van der Waals surface area contributed by atoms with Gasteiger partial charge in [0.1, 0.15) is 22.3 Å². The van der Waals surface area contributed by atoms with Gasteiger partial charge in [0.15, 0.2) is 5.65 Å². The van der Waals surface area contributed by atoms with Crippen LogP contribution >= 0.6 is 11.6 Å². The van der Waals surface area contributed by atoms with Gasteiger partial charge in [0.25, 0.3) is 0 Å². The molecule has 1 aliphatic heterocycles. The molecule has 1 aliphatic carbocycles. The van der Waals surface area contributed by atoms with Crippen molar-refractivity contribution in [3.63, 3.8) is 0 Å². The lowest BCUT2D eigenvalue weighted by molar-refractivity contribution is 0.338. The molecular weight excluding hydrogens is 545 g/mol. The van der Waals surface area contributed by atoms with Gasteiger partial charge in [-0.15, -0.1) is 5.10 Å². The van der Waals surface area contributed by atoms with Gasteiger partial charge < -0.3 is 9.64 Å². The molecule has 0 radical (unpaired) electrons. The van der Waals surface area contributed by atoms with Crippen LogP contribution in [0, 0.1) is 17.7 Å². The number of fused-ring (bicyclic) bond motifs is 4. The summed E-state index contributed by atoms with van der Waals surface area (Å²) in [4.78, 5) is 6.36. The predicted octanol–water partition coefficient (Wildman–Crippen LogP) is 3.88. The summed E-state index contributed by atoms with van der Waals surface area (Å²) in [5.74, 6) is 0.891. The zero-order valence-electron chi connectivity index (χ0n) is 20.7. The molecule has 10 nitrogen and oxygen atoms in total. The molecule has 0 spiro atoms. The van der Waals surface area contributed by atoms with Crippen molar-refractivity contribution >= 4 is 44.0 Å². The Labute approximate surface area is 227 Å². The van der Waals surface area contributed by atoms with Gasteiger partial charge in [-0.05, 0) is 49.1 Å². The van der Waals surface area contributed by atoms with Gasteiger partial charge in [-0.3, -0.25) is 5.10 Å². The highest BCUT2D eigenvalue weighted by atomic mass is 35.5. The van der Waals surface area contributed by atoms with E-state index in [9.17, 15) is 12.8 Å². The van der Waals surface area contributed by atoms with Crippen molar-refractivity contribution < 1.29 is 17.5 Å². The monoisotopic (exact) mass is 567 g/mol. The number of anilines is 1. The molecule has 39 heavy (non-hydrogen) atoms. The summed E-state index contributed by atoms with van der Waals surface area (Å²) in [6.45, 7) is 3.77. The maximum Gasteiger partial charge on any atom is 0.245 e. The first-order valence-electron chi connectivity index (χ1n) is 12.5. The molecule has 2 N–H and O–H groups in total. The fraction of sp³-hybridized carbons (Fsp3) is 0.269. The second-order valence-corrected chi connectivity index (χ2v) is 11.8. The van der Waals surface area contributed by atoms with E-state index in [4.69, 9.17) is 21.3 Å². The van der Waals surface area contributed by atoms with Crippen molar-refractivity contribution in [2.45, 2.75) is 17.9 Å². The molecule has 3 atom stereocenters. The SMILES string of the molecule is CCOc1cc(-c2ccc(N3CC4C(NS(=O)(=O)c5c(F)cccc5Cl)[C@H]4C3)nc2)c2c3cn[nH]c3nn2c1. The molecule has 1 saturated heterocycles. The number of sulfonamides is 1. The fourth-order valence-corrected chi connectivity index (χ4v) is 7.55. The number of hydrogen-bond acceptors (Lipinski definition) is 7. The quantitative estimate of drug-likeness (QED) is 0.306. The molecule has 4 aromatic heterocycles. The van der Waals surface area contributed by atoms with Crippen molar-refractivity contribution in [1.82, 2.24) is 29.5 Å². The number of nitrogens with zero attached hydrogens (tertiary/aromatic N) is 5. The Balaban J connectivity index is 1.10. The highest BCUT2D eigenvalue weighted by Crippen LogP contribution is 2.47. The highest BCUT2D eigenvalue weighted by Gasteiger charge is 2.57. The van der Waals surface area contributed by atoms with Crippen LogP contribution in [0.3, 0.4) is 0 Å². The topological polar surface area (TPSA) is 118 Å². The summed E-state index contributed by atoms with van der Waals surface area (Å²) in [7, 11) is -4.07. The van der Waals surface area contributed by atoms with Crippen molar-refractivity contribution in [2.24, 2.45) is 11.8 Å². The first kappa shape index (κ1) is 24.3. The molecule has 200 valence electrons. The lowest BCUT2D eigenvalue weighted by atomic mass is 10.1. The smallest absolute Gasteiger partial charge is 0.245 e. The molecule has 13 heteroatoms. The van der Waals surface area contributed by atoms with Crippen LogP contribution < -0.4 is 14.4 Å². The van der Waals surface area contributed by atoms with E-state index in [1.165, 1.54) is 12.1 Å². The highest BCUT2D eigenvalue weighted by molar-refractivity contribution is 7.89. The zero-order chi connectivity index (χ0) is 26.9. The largest absolute Gasteiger partial charge is 0.492 e. The number of ether oxygens (including phenoxy) is 1. The molecule has 2 aliphatic rings. The number of benzene rings is 1. The van der Waals surface area contributed by atoms with Crippen LogP contribution in [0.5, 0.6) is 5.75 Å². The minimum absolute atomic E-state index is 0.121. The van der Waals surface area contributed by atoms with E-state index in [0.29, 0.717) is 31.1 Å². The molecule has 0 amide bonds. The number of halogens is 2. The fourth-order valence-electron chi connectivity index (χ4n) is 5.60. The second kappa shape index (κ2) is 8.90. The summed E-state index contributed by atoms with van der Waals surface area (Å²) in [5, 5.41) is 12.4. The number of aromatic amines is 1. The van der Waals surface area contributed by atoms with Gasteiger partial charge in [0.2, 0.25) is 10.0 Å². The normalized spacial score (nSPS) is 20.6. The number of piperidine rings is 1. The standard InChI is InChI=1S/C26H23ClFN7O3S/c1-2-38-15-8-16(24-17-10-30-31-26(17)32-35(24)11-15)14-6-7-22(29-9-14)34-12-18-19(13-34)23(18)33-39(36,37)25-20(27)4-3-5-21(25)28/h3-11,18-19,23,33H,2,12-13H2,1H3,(H,31,32)/t18-,19?,23?/m0/s1. The van der Waals surface area contributed by atoms with E-state index in [-0.39, 0.29) is 22.9 Å². The summed E-state index contributed by atoms with van der Waals surface area (Å²) in [5.41, 5.74) is 3.43. The van der Waals surface area contributed by atoms with Crippen LogP contribution in [-0.4, -0.2) is 59.0 Å². The van der Waals surface area contributed by atoms with Crippen LogP contribution in [0.25, 0.3) is 27.7 Å². The third kappa shape index (κ3) is 4.01. The van der Waals surface area contributed by atoms with E-state index >= 15 is 0 Å². The minimum atomic E-state index is -4.07. The van der Waals surface area contributed by atoms with Gasteiger partial charge >= 0.3 is 0 Å². The molecule has 2 unspecified atom stereocenters. The molecular formula is C26H23ClFN7O3S. The zero-order valence-corrected chi connectivity index (χ0v) is 22.2. The van der Waals surface area contributed by atoms with Crippen molar-refractivity contribution in [1.29, 1.82) is 0 Å². The number of hydrogen-bond donors (Lipinski definition) is 2. The Bertz CT molecular complexity index is 1810. The van der Waals surface area contributed by atoms with E-state index < -0.39 is 20.7 Å². The van der Waals surface area contributed by atoms with Gasteiger partial charge in [-0.25, -0.2) is 27.0 Å². The second-order valence-electron chi connectivity index (χ2n) is 9.78. The Morgan fingerprint density at radius 2 is 2.03 bits per heavy atom. The molecule has 0 bridgehead atoms. The van der Waals surface area contributed by atoms with Crippen LogP contribution in [-0.2, 0) is 10.0 Å². The van der Waals surface area contributed by atoms with Crippen molar-refractivity contribution in [2.75, 3.05) is 24.6 Å². The molecule has 1 saturated carbocycles. The molecule has 1 aromatic carbocycles. The summed E-state index contributed by atoms with van der Waals surface area (Å²) in [6.07, 6.45) is 5.42. The van der Waals surface area contributed by atoms with Gasteiger partial charge in [0.05, 0.1) is 34.9 Å². The number of aromatic nitrogens is 5. The van der Waals surface area contributed by atoms with Gasteiger partial charge in [0, 0.05) is 36.5 Å². The van der Waals surface area contributed by atoms with E-state index in [1.54, 1.807) is 10.7 Å². The Morgan fingerprint density at radius 3 is 2.74 bits per heavy atom. The van der Waals surface area contributed by atoms with Gasteiger partial charge in [-0.1, -0.05) is 17.7 Å². The van der Waals surface area contributed by atoms with E-state index in [2.05, 4.69) is 24.9 Å². The Hall–Kier alpha value is -3.74. The van der Waals surface area contributed by atoms with E-state index in [0.717, 1.165) is 33.9 Å². The predicted molar refractivity (Wildman–Crippen MR) is 144 cm³/mol. The lowest BCUT2D eigenvalue weighted by Crippen LogP contribution is -2.35. The third-order valence-corrected chi connectivity index (χ3v) is 9.43. The molecule has 7 rings (SSSR count). The van der Waals surface area contributed by atoms with Crippen molar-refractivity contribution in [3.8, 4) is 16.9 Å². The number of pyridine rings is 2. The maximum atomic E-state index is 14.2. The Morgan fingerprint density at radius 1 is 1.21 bits per heavy atom. The van der Waals surface area contributed by atoms with E-state index in [1.807, 2.05) is 37.5 Å². The van der Waals surface area contributed by atoms with Crippen molar-refractivity contribution in [3.05, 3.63) is 65.8 Å². The van der Waals surface area contributed by atoms with Crippen LogP contribution in [0.1, 0.15) is 6.92 Å². The minimum Gasteiger partial charge on any atom is -0.492 e. The maximum absolute atomic E-state index is 14.2. The number of nitrogens with one attached hydrogen (secondary N) is 2. The first-order valence-corrected chi connectivity index (χ1v) is 14.4.